The standard InChI is InChI=1S/C22H25N3O3/c26-9-8-25-15-23-20-12-19(4-5-21(20)25)22(28)24-7-6-17(13-24)10-16-2-1-3-18(11-16)14-27/h1-5,11-12,15,17,26-27H,6-10,13-14H2. The molecule has 1 atom stereocenters. The van der Waals surface area contributed by atoms with Crippen molar-refractivity contribution in [3.8, 4) is 0 Å². The van der Waals surface area contributed by atoms with Crippen LogP contribution in [-0.2, 0) is 19.6 Å². The number of fused-ring (bicyclic) bond motifs is 1. The highest BCUT2D eigenvalue weighted by atomic mass is 16.3. The third kappa shape index (κ3) is 3.79. The van der Waals surface area contributed by atoms with Crippen molar-refractivity contribution in [3.05, 3.63) is 65.5 Å². The molecule has 3 aromatic rings. The number of hydrogen-bond donors (Lipinski definition) is 2. The summed E-state index contributed by atoms with van der Waals surface area (Å²) in [6.07, 6.45) is 3.60. The van der Waals surface area contributed by atoms with Crippen molar-refractivity contribution in [3.63, 3.8) is 0 Å². The molecular weight excluding hydrogens is 354 g/mol. The van der Waals surface area contributed by atoms with Crippen LogP contribution in [0.4, 0.5) is 0 Å². The number of imidazole rings is 1. The zero-order valence-electron chi connectivity index (χ0n) is 15.8. The van der Waals surface area contributed by atoms with E-state index >= 15 is 0 Å². The third-order valence-corrected chi connectivity index (χ3v) is 5.48. The molecule has 1 saturated heterocycles. The van der Waals surface area contributed by atoms with Crippen LogP contribution in [0.15, 0.2) is 48.8 Å². The summed E-state index contributed by atoms with van der Waals surface area (Å²) in [4.78, 5) is 19.2. The van der Waals surface area contributed by atoms with Crippen molar-refractivity contribution in [1.29, 1.82) is 0 Å². The molecule has 0 spiro atoms. The molecule has 1 aromatic heterocycles. The van der Waals surface area contributed by atoms with Crippen molar-refractivity contribution in [2.24, 2.45) is 5.92 Å². The van der Waals surface area contributed by atoms with E-state index in [1.165, 1.54) is 5.56 Å². The minimum absolute atomic E-state index is 0.0465. The summed E-state index contributed by atoms with van der Waals surface area (Å²) in [7, 11) is 0. The minimum Gasteiger partial charge on any atom is -0.395 e. The molecule has 1 aliphatic rings. The molecule has 0 bridgehead atoms. The molecule has 1 unspecified atom stereocenters. The number of nitrogens with zero attached hydrogens (tertiary/aromatic N) is 3. The van der Waals surface area contributed by atoms with Crippen LogP contribution in [0.5, 0.6) is 0 Å². The maximum atomic E-state index is 12.9. The number of aliphatic hydroxyl groups excluding tert-OH is 2. The van der Waals surface area contributed by atoms with Gasteiger partial charge in [-0.3, -0.25) is 4.79 Å². The van der Waals surface area contributed by atoms with Crippen LogP contribution < -0.4 is 0 Å². The highest BCUT2D eigenvalue weighted by Crippen LogP contribution is 2.24. The predicted octanol–water partition coefficient (Wildman–Crippen LogP) is 2.23. The zero-order chi connectivity index (χ0) is 19.5. The first-order valence-electron chi connectivity index (χ1n) is 9.71. The van der Waals surface area contributed by atoms with Gasteiger partial charge in [0.2, 0.25) is 0 Å². The maximum Gasteiger partial charge on any atom is 0.253 e. The van der Waals surface area contributed by atoms with E-state index < -0.39 is 0 Å². The van der Waals surface area contributed by atoms with Gasteiger partial charge in [0.15, 0.2) is 0 Å². The number of aromatic nitrogens is 2. The van der Waals surface area contributed by atoms with Gasteiger partial charge in [-0.15, -0.1) is 0 Å². The highest BCUT2D eigenvalue weighted by molar-refractivity contribution is 5.97. The second kappa shape index (κ2) is 8.12. The van der Waals surface area contributed by atoms with Gasteiger partial charge in [-0.05, 0) is 48.1 Å². The molecule has 0 saturated carbocycles. The summed E-state index contributed by atoms with van der Waals surface area (Å²) >= 11 is 0. The van der Waals surface area contributed by atoms with Crippen LogP contribution in [-0.4, -0.2) is 50.3 Å². The molecule has 6 nitrogen and oxygen atoms in total. The first-order chi connectivity index (χ1) is 13.7. The van der Waals surface area contributed by atoms with Crippen LogP contribution in [0, 0.1) is 5.92 Å². The lowest BCUT2D eigenvalue weighted by Gasteiger charge is -2.17. The van der Waals surface area contributed by atoms with Gasteiger partial charge in [0.1, 0.15) is 0 Å². The number of carbonyl (C=O) groups is 1. The van der Waals surface area contributed by atoms with Crippen LogP contribution in [0.1, 0.15) is 27.9 Å². The summed E-state index contributed by atoms with van der Waals surface area (Å²) < 4.78 is 1.88. The quantitative estimate of drug-likeness (QED) is 0.688. The molecule has 2 aromatic carbocycles. The first-order valence-corrected chi connectivity index (χ1v) is 9.71. The van der Waals surface area contributed by atoms with Gasteiger partial charge in [-0.25, -0.2) is 4.98 Å². The SMILES string of the molecule is O=C(c1ccc2c(c1)ncn2CCO)N1CCC(Cc2cccc(CO)c2)C1. The van der Waals surface area contributed by atoms with Crippen molar-refractivity contribution in [2.45, 2.75) is 26.0 Å². The second-order valence-corrected chi connectivity index (χ2v) is 7.45. The summed E-state index contributed by atoms with van der Waals surface area (Å²) in [5.41, 5.74) is 4.49. The van der Waals surface area contributed by atoms with Gasteiger partial charge in [-0.2, -0.15) is 0 Å². The minimum atomic E-state index is 0.0465. The monoisotopic (exact) mass is 379 g/mol. The van der Waals surface area contributed by atoms with E-state index in [1.807, 2.05) is 45.9 Å². The summed E-state index contributed by atoms with van der Waals surface area (Å²) in [6, 6.07) is 13.6. The lowest BCUT2D eigenvalue weighted by atomic mass is 9.97. The molecule has 0 aliphatic carbocycles. The van der Waals surface area contributed by atoms with E-state index in [9.17, 15) is 9.90 Å². The Kier molecular flexibility index (Phi) is 5.41. The largest absolute Gasteiger partial charge is 0.395 e. The number of benzene rings is 2. The van der Waals surface area contributed by atoms with Crippen LogP contribution in [0.2, 0.25) is 0 Å². The van der Waals surface area contributed by atoms with Gasteiger partial charge < -0.3 is 19.7 Å². The molecule has 0 radical (unpaired) electrons. The van der Waals surface area contributed by atoms with E-state index in [2.05, 4.69) is 11.1 Å². The number of amides is 1. The van der Waals surface area contributed by atoms with Gasteiger partial charge in [-0.1, -0.05) is 24.3 Å². The molecule has 146 valence electrons. The van der Waals surface area contributed by atoms with Crippen molar-refractivity contribution in [1.82, 2.24) is 14.5 Å². The van der Waals surface area contributed by atoms with E-state index in [1.54, 1.807) is 6.33 Å². The Balaban J connectivity index is 1.43. The van der Waals surface area contributed by atoms with Crippen LogP contribution in [0.3, 0.4) is 0 Å². The number of aliphatic hydroxyl groups is 2. The summed E-state index contributed by atoms with van der Waals surface area (Å²) in [5, 5.41) is 18.4. The Bertz CT molecular complexity index is 982. The highest BCUT2D eigenvalue weighted by Gasteiger charge is 2.27. The molecule has 1 amide bonds. The van der Waals surface area contributed by atoms with Gasteiger partial charge >= 0.3 is 0 Å². The molecule has 28 heavy (non-hydrogen) atoms. The van der Waals surface area contributed by atoms with Crippen molar-refractivity contribution in [2.75, 3.05) is 19.7 Å². The Morgan fingerprint density at radius 1 is 1.14 bits per heavy atom. The number of likely N-dealkylation sites (tertiary alicyclic amines) is 1. The Morgan fingerprint density at radius 3 is 2.82 bits per heavy atom. The fourth-order valence-electron chi connectivity index (χ4n) is 4.04. The maximum absolute atomic E-state index is 12.9. The summed E-state index contributed by atoms with van der Waals surface area (Å²) in [6.45, 7) is 2.12. The summed E-state index contributed by atoms with van der Waals surface area (Å²) in [5.74, 6) is 0.482. The lowest BCUT2D eigenvalue weighted by Crippen LogP contribution is -2.28. The van der Waals surface area contributed by atoms with Crippen molar-refractivity contribution >= 4 is 16.9 Å². The van der Waals surface area contributed by atoms with E-state index in [0.717, 1.165) is 42.5 Å². The topological polar surface area (TPSA) is 78.6 Å². The average molecular weight is 379 g/mol. The third-order valence-electron chi connectivity index (χ3n) is 5.48. The Morgan fingerprint density at radius 2 is 2.00 bits per heavy atom. The van der Waals surface area contributed by atoms with Crippen LogP contribution >= 0.6 is 0 Å². The number of rotatable bonds is 6. The molecular formula is C22H25N3O3. The molecule has 6 heteroatoms. The Hall–Kier alpha value is -2.70. The fourth-order valence-corrected chi connectivity index (χ4v) is 4.04. The fraction of sp³-hybridized carbons (Fsp3) is 0.364. The normalized spacial score (nSPS) is 16.8. The molecule has 1 aliphatic heterocycles. The van der Waals surface area contributed by atoms with Crippen LogP contribution in [0.25, 0.3) is 11.0 Å². The van der Waals surface area contributed by atoms with Gasteiger partial charge in [0.25, 0.3) is 5.91 Å². The molecule has 2 heterocycles. The Labute approximate surface area is 164 Å². The van der Waals surface area contributed by atoms with Gasteiger partial charge in [0, 0.05) is 25.2 Å². The number of carbonyl (C=O) groups excluding carboxylic acids is 1. The van der Waals surface area contributed by atoms with Gasteiger partial charge in [0.05, 0.1) is 30.6 Å². The smallest absolute Gasteiger partial charge is 0.253 e. The lowest BCUT2D eigenvalue weighted by molar-refractivity contribution is 0.0787. The molecule has 4 rings (SSSR count). The predicted molar refractivity (Wildman–Crippen MR) is 107 cm³/mol. The average Bonchev–Trinajstić information content (AvgIpc) is 3.35. The zero-order valence-corrected chi connectivity index (χ0v) is 15.8. The number of hydrogen-bond acceptors (Lipinski definition) is 4. The van der Waals surface area contributed by atoms with E-state index in [-0.39, 0.29) is 19.1 Å². The second-order valence-electron chi connectivity index (χ2n) is 7.45. The molecule has 1 fully saturated rings. The van der Waals surface area contributed by atoms with E-state index in [4.69, 9.17) is 5.11 Å². The molecule has 2 N–H and O–H groups in total. The first kappa shape index (κ1) is 18.7. The van der Waals surface area contributed by atoms with Crippen molar-refractivity contribution < 1.29 is 15.0 Å². The van der Waals surface area contributed by atoms with E-state index in [0.29, 0.717) is 18.0 Å².